The van der Waals surface area contributed by atoms with E-state index in [1.54, 1.807) is 12.1 Å². The predicted molar refractivity (Wildman–Crippen MR) is 94.3 cm³/mol. The fourth-order valence-electron chi connectivity index (χ4n) is 2.12. The highest BCUT2D eigenvalue weighted by molar-refractivity contribution is 7.89. The van der Waals surface area contributed by atoms with Crippen molar-refractivity contribution in [2.24, 2.45) is 0 Å². The Labute approximate surface area is 142 Å². The Balaban J connectivity index is 1.62. The van der Waals surface area contributed by atoms with Crippen molar-refractivity contribution in [2.45, 2.75) is 17.7 Å². The lowest BCUT2D eigenvalue weighted by molar-refractivity contribution is 0.574. The molecule has 4 nitrogen and oxygen atoms in total. The van der Waals surface area contributed by atoms with Crippen molar-refractivity contribution in [3.8, 4) is 0 Å². The molecule has 0 radical (unpaired) electrons. The van der Waals surface area contributed by atoms with Crippen LogP contribution in [0.2, 0.25) is 5.02 Å². The van der Waals surface area contributed by atoms with Gasteiger partial charge in [0.1, 0.15) is 0 Å². The van der Waals surface area contributed by atoms with E-state index in [1.165, 1.54) is 17.7 Å². The maximum atomic E-state index is 12.0. The summed E-state index contributed by atoms with van der Waals surface area (Å²) in [6.45, 7) is 2.06. The number of rotatable bonds is 9. The number of hydrogen-bond donors (Lipinski definition) is 2. The average Bonchev–Trinajstić information content (AvgIpc) is 2.55. The molecule has 0 heterocycles. The van der Waals surface area contributed by atoms with Crippen LogP contribution in [0.1, 0.15) is 12.0 Å². The summed E-state index contributed by atoms with van der Waals surface area (Å²) in [5.74, 6) is 0. The molecule has 0 unspecified atom stereocenters. The van der Waals surface area contributed by atoms with Crippen molar-refractivity contribution in [3.63, 3.8) is 0 Å². The molecule has 0 aromatic heterocycles. The summed E-state index contributed by atoms with van der Waals surface area (Å²) in [4.78, 5) is 0.235. The molecule has 23 heavy (non-hydrogen) atoms. The molecule has 0 amide bonds. The lowest BCUT2D eigenvalue weighted by Gasteiger charge is -2.08. The van der Waals surface area contributed by atoms with E-state index in [1.807, 2.05) is 18.2 Å². The molecule has 0 spiro atoms. The molecule has 0 aliphatic carbocycles. The maximum Gasteiger partial charge on any atom is 0.240 e. The monoisotopic (exact) mass is 352 g/mol. The summed E-state index contributed by atoms with van der Waals surface area (Å²) in [7, 11) is -3.45. The molecular formula is C17H21ClN2O2S. The van der Waals surface area contributed by atoms with E-state index in [0.717, 1.165) is 25.9 Å². The molecule has 2 rings (SSSR count). The molecule has 6 heteroatoms. The minimum atomic E-state index is -3.45. The van der Waals surface area contributed by atoms with Gasteiger partial charge in [-0.1, -0.05) is 41.9 Å². The van der Waals surface area contributed by atoms with Crippen LogP contribution >= 0.6 is 11.6 Å². The van der Waals surface area contributed by atoms with Crippen LogP contribution in [0.15, 0.2) is 59.5 Å². The average molecular weight is 353 g/mol. The highest BCUT2D eigenvalue weighted by atomic mass is 35.5. The third kappa shape index (κ3) is 6.31. The smallest absolute Gasteiger partial charge is 0.240 e. The van der Waals surface area contributed by atoms with Gasteiger partial charge in [0.05, 0.1) is 4.90 Å². The standard InChI is InChI=1S/C17H21ClN2O2S/c18-16-7-9-17(10-8-16)23(21,22)20-13-4-12-19-14-11-15-5-2-1-3-6-15/h1-3,5-10,19-20H,4,11-14H2. The Hall–Kier alpha value is -1.40. The van der Waals surface area contributed by atoms with Gasteiger partial charge in [0.25, 0.3) is 0 Å². The molecule has 2 aromatic carbocycles. The SMILES string of the molecule is O=S(=O)(NCCCNCCc1ccccc1)c1ccc(Cl)cc1. The van der Waals surface area contributed by atoms with Gasteiger partial charge in [0.15, 0.2) is 0 Å². The first-order chi connectivity index (χ1) is 11.1. The first-order valence-corrected chi connectivity index (χ1v) is 9.44. The lowest BCUT2D eigenvalue weighted by Crippen LogP contribution is -2.28. The van der Waals surface area contributed by atoms with Crippen LogP contribution in [0.5, 0.6) is 0 Å². The van der Waals surface area contributed by atoms with Crippen LogP contribution < -0.4 is 10.0 Å². The summed E-state index contributed by atoms with van der Waals surface area (Å²) in [6.07, 6.45) is 1.71. The first kappa shape index (κ1) is 17.9. The summed E-state index contributed by atoms with van der Waals surface area (Å²) < 4.78 is 26.7. The van der Waals surface area contributed by atoms with Crippen LogP contribution in [0.25, 0.3) is 0 Å². The molecule has 0 aliphatic heterocycles. The van der Waals surface area contributed by atoms with Gasteiger partial charge in [-0.3, -0.25) is 0 Å². The Bertz CT molecular complexity index is 688. The molecule has 2 aromatic rings. The number of hydrogen-bond acceptors (Lipinski definition) is 3. The van der Waals surface area contributed by atoms with Crippen molar-refractivity contribution in [1.29, 1.82) is 0 Å². The van der Waals surface area contributed by atoms with Crippen molar-refractivity contribution < 1.29 is 8.42 Å². The quantitative estimate of drug-likeness (QED) is 0.682. The van der Waals surface area contributed by atoms with Crippen LogP contribution in [0.3, 0.4) is 0 Å². The van der Waals surface area contributed by atoms with Crippen LogP contribution in [-0.4, -0.2) is 28.1 Å². The van der Waals surface area contributed by atoms with Gasteiger partial charge in [-0.25, -0.2) is 13.1 Å². The van der Waals surface area contributed by atoms with Crippen LogP contribution in [-0.2, 0) is 16.4 Å². The molecule has 0 fully saturated rings. The zero-order valence-electron chi connectivity index (χ0n) is 12.8. The summed E-state index contributed by atoms with van der Waals surface area (Å²) in [6, 6.07) is 16.4. The van der Waals surface area contributed by atoms with Gasteiger partial charge in [0, 0.05) is 11.6 Å². The molecule has 124 valence electrons. The van der Waals surface area contributed by atoms with E-state index in [2.05, 4.69) is 22.2 Å². The van der Waals surface area contributed by atoms with Gasteiger partial charge >= 0.3 is 0 Å². The normalized spacial score (nSPS) is 11.5. The second kappa shape index (κ2) is 9.03. The van der Waals surface area contributed by atoms with Gasteiger partial charge in [-0.2, -0.15) is 0 Å². The summed E-state index contributed by atoms with van der Waals surface area (Å²) in [5, 5.41) is 3.84. The third-order valence-electron chi connectivity index (χ3n) is 3.38. The summed E-state index contributed by atoms with van der Waals surface area (Å²) >= 11 is 5.76. The maximum absolute atomic E-state index is 12.0. The van der Waals surface area contributed by atoms with E-state index < -0.39 is 10.0 Å². The zero-order valence-corrected chi connectivity index (χ0v) is 14.4. The Kier molecular flexibility index (Phi) is 7.05. The second-order valence-corrected chi connectivity index (χ2v) is 7.39. The first-order valence-electron chi connectivity index (χ1n) is 7.58. The number of benzene rings is 2. The molecule has 0 saturated carbocycles. The lowest BCUT2D eigenvalue weighted by atomic mass is 10.1. The molecule has 0 bridgehead atoms. The number of halogens is 1. The van der Waals surface area contributed by atoms with Gasteiger partial charge in [0.2, 0.25) is 10.0 Å². The largest absolute Gasteiger partial charge is 0.316 e. The van der Waals surface area contributed by atoms with Gasteiger partial charge in [-0.05, 0) is 55.8 Å². The minimum absolute atomic E-state index is 0.235. The Morgan fingerprint density at radius 1 is 0.870 bits per heavy atom. The van der Waals surface area contributed by atoms with Crippen molar-refractivity contribution in [2.75, 3.05) is 19.6 Å². The molecular weight excluding hydrogens is 332 g/mol. The molecule has 0 saturated heterocycles. The molecule has 0 aliphatic rings. The summed E-state index contributed by atoms with van der Waals surface area (Å²) in [5.41, 5.74) is 1.29. The molecule has 2 N–H and O–H groups in total. The topological polar surface area (TPSA) is 58.2 Å². The highest BCUT2D eigenvalue weighted by Gasteiger charge is 2.12. The zero-order chi connectivity index (χ0) is 16.5. The highest BCUT2D eigenvalue weighted by Crippen LogP contribution is 2.13. The van der Waals surface area contributed by atoms with Gasteiger partial charge < -0.3 is 5.32 Å². The van der Waals surface area contributed by atoms with Crippen LogP contribution in [0.4, 0.5) is 0 Å². The Morgan fingerprint density at radius 2 is 1.57 bits per heavy atom. The fourth-order valence-corrected chi connectivity index (χ4v) is 3.32. The van der Waals surface area contributed by atoms with Crippen molar-refractivity contribution in [1.82, 2.24) is 10.0 Å². The second-order valence-electron chi connectivity index (χ2n) is 5.19. The van der Waals surface area contributed by atoms with Gasteiger partial charge in [-0.15, -0.1) is 0 Å². The number of nitrogens with one attached hydrogen (secondary N) is 2. The fraction of sp³-hybridized carbons (Fsp3) is 0.294. The van der Waals surface area contributed by atoms with E-state index >= 15 is 0 Å². The van der Waals surface area contributed by atoms with E-state index in [-0.39, 0.29) is 4.90 Å². The Morgan fingerprint density at radius 3 is 2.26 bits per heavy atom. The minimum Gasteiger partial charge on any atom is -0.316 e. The number of sulfonamides is 1. The molecule has 0 atom stereocenters. The van der Waals surface area contributed by atoms with Crippen molar-refractivity contribution in [3.05, 3.63) is 65.2 Å². The third-order valence-corrected chi connectivity index (χ3v) is 5.11. The van der Waals surface area contributed by atoms with E-state index in [9.17, 15) is 8.42 Å². The van der Waals surface area contributed by atoms with E-state index in [4.69, 9.17) is 11.6 Å². The van der Waals surface area contributed by atoms with Crippen LogP contribution in [0, 0.1) is 0 Å². The predicted octanol–water partition coefficient (Wildman–Crippen LogP) is 2.84. The van der Waals surface area contributed by atoms with Crippen molar-refractivity contribution >= 4 is 21.6 Å². The van der Waals surface area contributed by atoms with E-state index in [0.29, 0.717) is 11.6 Å².